The Morgan fingerprint density at radius 3 is 2.79 bits per heavy atom. The fraction of sp³-hybridized carbons (Fsp3) is 0.273. The first-order chi connectivity index (χ1) is 14.2. The van der Waals surface area contributed by atoms with E-state index in [9.17, 15) is 4.79 Å². The van der Waals surface area contributed by atoms with Gasteiger partial charge in [-0.3, -0.25) is 4.79 Å². The van der Waals surface area contributed by atoms with Gasteiger partial charge in [-0.15, -0.1) is 0 Å². The number of carbonyl (C=O) groups excluding carboxylic acids is 1. The van der Waals surface area contributed by atoms with Crippen LogP contribution in [0.2, 0.25) is 5.02 Å². The molecule has 3 aromatic rings. The summed E-state index contributed by atoms with van der Waals surface area (Å²) in [5, 5.41) is 5.12. The van der Waals surface area contributed by atoms with Crippen LogP contribution in [0.4, 0.5) is 0 Å². The molecule has 0 radical (unpaired) electrons. The van der Waals surface area contributed by atoms with Crippen molar-refractivity contribution in [1.82, 2.24) is 14.7 Å². The molecule has 1 atom stereocenters. The minimum absolute atomic E-state index is 0.00893. The summed E-state index contributed by atoms with van der Waals surface area (Å²) in [6, 6.07) is 15.1. The van der Waals surface area contributed by atoms with Gasteiger partial charge in [0.25, 0.3) is 5.91 Å². The minimum atomic E-state index is -0.0665. The molecule has 1 saturated heterocycles. The van der Waals surface area contributed by atoms with Gasteiger partial charge in [-0.05, 0) is 54.8 Å². The molecule has 1 unspecified atom stereocenters. The predicted molar refractivity (Wildman–Crippen MR) is 109 cm³/mol. The van der Waals surface area contributed by atoms with Crippen molar-refractivity contribution in [3.63, 3.8) is 0 Å². The van der Waals surface area contributed by atoms with Gasteiger partial charge in [0.15, 0.2) is 17.2 Å². The highest BCUT2D eigenvalue weighted by Crippen LogP contribution is 2.38. The quantitative estimate of drug-likeness (QED) is 0.648. The van der Waals surface area contributed by atoms with Crippen molar-refractivity contribution < 1.29 is 14.3 Å². The molecule has 7 heteroatoms. The number of carbonyl (C=O) groups is 1. The fourth-order valence-corrected chi connectivity index (χ4v) is 4.16. The van der Waals surface area contributed by atoms with Crippen molar-refractivity contribution in [3.8, 4) is 17.2 Å². The summed E-state index contributed by atoms with van der Waals surface area (Å²) in [6.07, 6.45) is 3.66. The topological polar surface area (TPSA) is 56.6 Å². The van der Waals surface area contributed by atoms with Gasteiger partial charge >= 0.3 is 0 Å². The highest BCUT2D eigenvalue weighted by Gasteiger charge is 2.32. The average Bonchev–Trinajstić information content (AvgIpc) is 3.43. The second-order valence-corrected chi connectivity index (χ2v) is 7.62. The number of ether oxygens (including phenoxy) is 2. The number of amides is 1. The first kappa shape index (κ1) is 18.1. The standard InChI is InChI=1S/C22H20ClN3O3/c23-16-3-1-4-17(14-16)26-10-8-18(24-26)22(27)25-9-2-5-19(25)15-6-7-20-21(13-15)29-12-11-28-20/h1,3-4,6-8,10,13-14,19H,2,5,9,11-12H2. The van der Waals surface area contributed by atoms with E-state index < -0.39 is 0 Å². The molecule has 1 fully saturated rings. The fourth-order valence-electron chi connectivity index (χ4n) is 3.97. The Bertz CT molecular complexity index is 1060. The van der Waals surface area contributed by atoms with E-state index in [1.165, 1.54) is 0 Å². The SMILES string of the molecule is O=C(c1ccn(-c2cccc(Cl)c2)n1)N1CCCC1c1ccc2c(c1)OCCO2. The Morgan fingerprint density at radius 1 is 1.07 bits per heavy atom. The van der Waals surface area contributed by atoms with Crippen LogP contribution in [-0.2, 0) is 0 Å². The summed E-state index contributed by atoms with van der Waals surface area (Å²) in [5.74, 6) is 1.44. The van der Waals surface area contributed by atoms with Gasteiger partial charge in [0.2, 0.25) is 0 Å². The Hall–Kier alpha value is -2.99. The monoisotopic (exact) mass is 409 g/mol. The lowest BCUT2D eigenvalue weighted by molar-refractivity contribution is 0.0728. The Morgan fingerprint density at radius 2 is 1.93 bits per heavy atom. The smallest absolute Gasteiger partial charge is 0.274 e. The molecule has 2 aliphatic rings. The normalized spacial score (nSPS) is 18.1. The molecule has 3 heterocycles. The van der Waals surface area contributed by atoms with Crippen LogP contribution in [0.15, 0.2) is 54.7 Å². The molecule has 0 saturated carbocycles. The minimum Gasteiger partial charge on any atom is -0.486 e. The van der Waals surface area contributed by atoms with Crippen molar-refractivity contribution in [3.05, 3.63) is 71.0 Å². The van der Waals surface area contributed by atoms with Gasteiger partial charge in [-0.25, -0.2) is 4.68 Å². The van der Waals surface area contributed by atoms with Crippen LogP contribution in [0, 0.1) is 0 Å². The van der Waals surface area contributed by atoms with E-state index in [1.807, 2.05) is 47.4 Å². The maximum atomic E-state index is 13.2. The molecule has 0 aliphatic carbocycles. The van der Waals surface area contributed by atoms with Gasteiger partial charge in [0, 0.05) is 17.8 Å². The number of aromatic nitrogens is 2. The maximum absolute atomic E-state index is 13.2. The van der Waals surface area contributed by atoms with Gasteiger partial charge in [-0.1, -0.05) is 23.7 Å². The number of rotatable bonds is 3. The van der Waals surface area contributed by atoms with Gasteiger partial charge in [0.05, 0.1) is 11.7 Å². The molecule has 2 aliphatic heterocycles. The molecule has 0 bridgehead atoms. The Balaban J connectivity index is 1.39. The number of hydrogen-bond acceptors (Lipinski definition) is 4. The van der Waals surface area contributed by atoms with Gasteiger partial charge in [-0.2, -0.15) is 5.10 Å². The first-order valence-electron chi connectivity index (χ1n) is 9.71. The zero-order valence-corrected chi connectivity index (χ0v) is 16.5. The second-order valence-electron chi connectivity index (χ2n) is 7.19. The van der Waals surface area contributed by atoms with Crippen LogP contribution in [0.3, 0.4) is 0 Å². The maximum Gasteiger partial charge on any atom is 0.274 e. The van der Waals surface area contributed by atoms with Crippen LogP contribution in [0.5, 0.6) is 11.5 Å². The molecule has 0 N–H and O–H groups in total. The molecule has 0 spiro atoms. The van der Waals surface area contributed by atoms with E-state index in [1.54, 1.807) is 16.9 Å². The van der Waals surface area contributed by atoms with E-state index in [0.29, 0.717) is 30.5 Å². The third-order valence-corrected chi connectivity index (χ3v) is 5.58. The molecule has 5 rings (SSSR count). The lowest BCUT2D eigenvalue weighted by Crippen LogP contribution is -2.31. The molecule has 148 valence electrons. The van der Waals surface area contributed by atoms with Crippen molar-refractivity contribution in [1.29, 1.82) is 0 Å². The second kappa shape index (κ2) is 7.44. The summed E-state index contributed by atoms with van der Waals surface area (Å²) < 4.78 is 13.0. The Labute approximate surface area is 173 Å². The first-order valence-corrected chi connectivity index (χ1v) is 10.1. The number of benzene rings is 2. The van der Waals surface area contributed by atoms with E-state index in [2.05, 4.69) is 5.10 Å². The third kappa shape index (κ3) is 3.44. The van der Waals surface area contributed by atoms with Gasteiger partial charge in [0.1, 0.15) is 13.2 Å². The lowest BCUT2D eigenvalue weighted by atomic mass is 10.0. The number of nitrogens with zero attached hydrogens (tertiary/aromatic N) is 3. The number of hydrogen-bond donors (Lipinski definition) is 0. The third-order valence-electron chi connectivity index (χ3n) is 5.35. The van der Waals surface area contributed by atoms with Crippen molar-refractivity contribution >= 4 is 17.5 Å². The zero-order valence-electron chi connectivity index (χ0n) is 15.8. The van der Waals surface area contributed by atoms with E-state index in [-0.39, 0.29) is 11.9 Å². The lowest BCUT2D eigenvalue weighted by Gasteiger charge is -2.26. The molecular formula is C22H20ClN3O3. The van der Waals surface area contributed by atoms with E-state index in [0.717, 1.165) is 35.6 Å². The molecule has 2 aromatic carbocycles. The van der Waals surface area contributed by atoms with Crippen LogP contribution in [0.25, 0.3) is 5.69 Å². The number of fused-ring (bicyclic) bond motifs is 1. The summed E-state index contributed by atoms with van der Waals surface area (Å²) in [4.78, 5) is 15.1. The van der Waals surface area contributed by atoms with Gasteiger partial charge < -0.3 is 14.4 Å². The van der Waals surface area contributed by atoms with E-state index >= 15 is 0 Å². The molecule has 1 amide bonds. The van der Waals surface area contributed by atoms with E-state index in [4.69, 9.17) is 21.1 Å². The summed E-state index contributed by atoms with van der Waals surface area (Å²) in [6.45, 7) is 1.82. The van der Waals surface area contributed by atoms with Crippen LogP contribution >= 0.6 is 11.6 Å². The van der Waals surface area contributed by atoms with Crippen LogP contribution < -0.4 is 9.47 Å². The highest BCUT2D eigenvalue weighted by atomic mass is 35.5. The number of likely N-dealkylation sites (tertiary alicyclic amines) is 1. The summed E-state index contributed by atoms with van der Waals surface area (Å²) in [7, 11) is 0. The zero-order chi connectivity index (χ0) is 19.8. The van der Waals surface area contributed by atoms with Crippen LogP contribution in [0.1, 0.15) is 34.9 Å². The van der Waals surface area contributed by atoms with Crippen molar-refractivity contribution in [2.24, 2.45) is 0 Å². The predicted octanol–water partition coefficient (Wildman–Crippen LogP) is 4.27. The average molecular weight is 410 g/mol. The molecule has 29 heavy (non-hydrogen) atoms. The molecule has 1 aromatic heterocycles. The van der Waals surface area contributed by atoms with Crippen molar-refractivity contribution in [2.45, 2.75) is 18.9 Å². The number of halogens is 1. The summed E-state index contributed by atoms with van der Waals surface area (Å²) in [5.41, 5.74) is 2.31. The van der Waals surface area contributed by atoms with Crippen molar-refractivity contribution in [2.75, 3.05) is 19.8 Å². The van der Waals surface area contributed by atoms with Crippen LogP contribution in [-0.4, -0.2) is 40.3 Å². The largest absolute Gasteiger partial charge is 0.486 e. The molecular weight excluding hydrogens is 390 g/mol. The Kier molecular flexibility index (Phi) is 4.64. The highest BCUT2D eigenvalue weighted by molar-refractivity contribution is 6.30. The summed E-state index contributed by atoms with van der Waals surface area (Å²) >= 11 is 6.07. The molecule has 6 nitrogen and oxygen atoms in total.